The summed E-state index contributed by atoms with van der Waals surface area (Å²) < 4.78 is 0. The quantitative estimate of drug-likeness (QED) is 0.633. The molecule has 2 N–H and O–H groups in total. The third-order valence-corrected chi connectivity index (χ3v) is 5.13. The molecular weight excluding hydrogens is 146 g/mol. The maximum absolute atomic E-state index is 6.00. The summed E-state index contributed by atoms with van der Waals surface area (Å²) in [6.07, 6.45) is 8.97. The first kappa shape index (κ1) is 7.37. The first-order valence-electron chi connectivity index (χ1n) is 5.57. The van der Waals surface area contributed by atoms with Gasteiger partial charge < -0.3 is 5.73 Å². The van der Waals surface area contributed by atoms with Crippen molar-refractivity contribution in [1.29, 1.82) is 0 Å². The summed E-state index contributed by atoms with van der Waals surface area (Å²) >= 11 is 0. The molecule has 3 fully saturated rings. The van der Waals surface area contributed by atoms with E-state index < -0.39 is 0 Å². The Kier molecular flexibility index (Phi) is 1.39. The Hall–Kier alpha value is -0.0400. The van der Waals surface area contributed by atoms with Gasteiger partial charge in [-0.3, -0.25) is 0 Å². The number of nitrogens with two attached hydrogens (primary N) is 1. The highest BCUT2D eigenvalue weighted by molar-refractivity contribution is 5.09. The number of hydrogen-bond donors (Lipinski definition) is 1. The summed E-state index contributed by atoms with van der Waals surface area (Å²) in [6, 6.07) is 0. The van der Waals surface area contributed by atoms with Gasteiger partial charge in [0.1, 0.15) is 0 Å². The van der Waals surface area contributed by atoms with Gasteiger partial charge in [0.15, 0.2) is 0 Å². The van der Waals surface area contributed by atoms with Crippen LogP contribution >= 0.6 is 0 Å². The van der Waals surface area contributed by atoms with Gasteiger partial charge in [-0.25, -0.2) is 0 Å². The second kappa shape index (κ2) is 2.25. The van der Waals surface area contributed by atoms with Crippen LogP contribution in [0.4, 0.5) is 0 Å². The zero-order chi connectivity index (χ0) is 8.18. The Morgan fingerprint density at radius 1 is 1.25 bits per heavy atom. The molecule has 0 spiro atoms. The second-order valence-corrected chi connectivity index (χ2v) is 5.21. The van der Waals surface area contributed by atoms with E-state index in [9.17, 15) is 0 Å². The molecule has 2 bridgehead atoms. The molecule has 3 aliphatic rings. The van der Waals surface area contributed by atoms with Gasteiger partial charge in [-0.15, -0.1) is 0 Å². The Balaban J connectivity index is 1.98. The van der Waals surface area contributed by atoms with E-state index >= 15 is 0 Å². The topological polar surface area (TPSA) is 26.0 Å². The standard InChI is InChI=1S/C11H19N/c12-7-11-5-1-2-10(11)8-3-4-9(11)6-8/h8-10H,1-7,12H2/t8-,9+,10-,11-/m0/s1. The van der Waals surface area contributed by atoms with Crippen molar-refractivity contribution in [2.24, 2.45) is 28.9 Å². The summed E-state index contributed by atoms with van der Waals surface area (Å²) in [4.78, 5) is 0. The normalized spacial score (nSPS) is 56.2. The van der Waals surface area contributed by atoms with Crippen molar-refractivity contribution in [2.45, 2.75) is 38.5 Å². The summed E-state index contributed by atoms with van der Waals surface area (Å²) in [6.45, 7) is 0.985. The predicted octanol–water partition coefficient (Wildman–Crippen LogP) is 2.16. The number of rotatable bonds is 1. The lowest BCUT2D eigenvalue weighted by atomic mass is 9.68. The van der Waals surface area contributed by atoms with Crippen molar-refractivity contribution in [3.05, 3.63) is 0 Å². The Labute approximate surface area is 74.7 Å². The third-order valence-electron chi connectivity index (χ3n) is 5.13. The highest BCUT2D eigenvalue weighted by Crippen LogP contribution is 2.65. The molecule has 3 rings (SSSR count). The van der Waals surface area contributed by atoms with E-state index in [0.29, 0.717) is 5.41 Å². The van der Waals surface area contributed by atoms with Gasteiger partial charge in [0.2, 0.25) is 0 Å². The summed E-state index contributed by atoms with van der Waals surface area (Å²) in [7, 11) is 0. The first-order valence-corrected chi connectivity index (χ1v) is 5.57. The van der Waals surface area contributed by atoms with Gasteiger partial charge in [0.25, 0.3) is 0 Å². The predicted molar refractivity (Wildman–Crippen MR) is 49.7 cm³/mol. The molecule has 0 aromatic heterocycles. The van der Waals surface area contributed by atoms with Gasteiger partial charge in [0, 0.05) is 0 Å². The summed E-state index contributed by atoms with van der Waals surface area (Å²) in [5, 5.41) is 0. The molecule has 3 saturated carbocycles. The molecule has 1 heteroatoms. The van der Waals surface area contributed by atoms with Crippen molar-refractivity contribution in [3.8, 4) is 0 Å². The van der Waals surface area contributed by atoms with Crippen LogP contribution in [-0.2, 0) is 0 Å². The minimum atomic E-state index is 0.642. The van der Waals surface area contributed by atoms with Gasteiger partial charge in [-0.05, 0) is 61.8 Å². The highest BCUT2D eigenvalue weighted by atomic mass is 14.7. The Morgan fingerprint density at radius 2 is 2.17 bits per heavy atom. The molecule has 0 aromatic carbocycles. The molecule has 0 saturated heterocycles. The first-order chi connectivity index (χ1) is 5.87. The van der Waals surface area contributed by atoms with Crippen LogP contribution in [0.15, 0.2) is 0 Å². The molecule has 68 valence electrons. The van der Waals surface area contributed by atoms with Crippen LogP contribution in [0.25, 0.3) is 0 Å². The Bertz CT molecular complexity index is 201. The average Bonchev–Trinajstić information content (AvgIpc) is 2.76. The molecule has 12 heavy (non-hydrogen) atoms. The molecule has 4 atom stereocenters. The maximum atomic E-state index is 6.00. The smallest absolute Gasteiger partial charge is 0.00151 e. The highest BCUT2D eigenvalue weighted by Gasteiger charge is 2.58. The minimum absolute atomic E-state index is 0.642. The van der Waals surface area contributed by atoms with Crippen LogP contribution in [0.1, 0.15) is 38.5 Å². The molecule has 0 aromatic rings. The van der Waals surface area contributed by atoms with Crippen molar-refractivity contribution in [3.63, 3.8) is 0 Å². The average molecular weight is 165 g/mol. The molecule has 0 radical (unpaired) electrons. The molecule has 3 aliphatic carbocycles. The van der Waals surface area contributed by atoms with Crippen LogP contribution in [0.5, 0.6) is 0 Å². The summed E-state index contributed by atoms with van der Waals surface area (Å²) in [5.41, 5.74) is 6.64. The molecule has 1 nitrogen and oxygen atoms in total. The van der Waals surface area contributed by atoms with E-state index in [1.165, 1.54) is 38.5 Å². The zero-order valence-electron chi connectivity index (χ0n) is 7.76. The lowest BCUT2D eigenvalue weighted by Crippen LogP contribution is -2.39. The Morgan fingerprint density at radius 3 is 2.92 bits per heavy atom. The van der Waals surface area contributed by atoms with Gasteiger partial charge >= 0.3 is 0 Å². The zero-order valence-corrected chi connectivity index (χ0v) is 7.76. The van der Waals surface area contributed by atoms with Crippen molar-refractivity contribution in [1.82, 2.24) is 0 Å². The van der Waals surface area contributed by atoms with E-state index in [1.807, 2.05) is 0 Å². The van der Waals surface area contributed by atoms with Crippen LogP contribution in [0.2, 0.25) is 0 Å². The van der Waals surface area contributed by atoms with Crippen LogP contribution < -0.4 is 5.73 Å². The lowest BCUT2D eigenvalue weighted by Gasteiger charge is -2.38. The van der Waals surface area contributed by atoms with E-state index in [-0.39, 0.29) is 0 Å². The van der Waals surface area contributed by atoms with Gasteiger partial charge in [-0.1, -0.05) is 6.42 Å². The number of fused-ring (bicyclic) bond motifs is 5. The van der Waals surface area contributed by atoms with Crippen LogP contribution in [0.3, 0.4) is 0 Å². The van der Waals surface area contributed by atoms with E-state index in [1.54, 1.807) is 0 Å². The largest absolute Gasteiger partial charge is 0.330 e. The fourth-order valence-electron chi connectivity index (χ4n) is 4.66. The van der Waals surface area contributed by atoms with Crippen molar-refractivity contribution < 1.29 is 0 Å². The second-order valence-electron chi connectivity index (χ2n) is 5.21. The lowest BCUT2D eigenvalue weighted by molar-refractivity contribution is 0.121. The van der Waals surface area contributed by atoms with Crippen LogP contribution in [0, 0.1) is 23.2 Å². The number of hydrogen-bond acceptors (Lipinski definition) is 1. The van der Waals surface area contributed by atoms with Crippen molar-refractivity contribution in [2.75, 3.05) is 6.54 Å². The summed E-state index contributed by atoms with van der Waals surface area (Å²) in [5.74, 6) is 3.15. The van der Waals surface area contributed by atoms with Gasteiger partial charge in [-0.2, -0.15) is 0 Å². The molecule has 0 amide bonds. The SMILES string of the molecule is NC[C@]12CCC[C@H]1[C@H]1CC[C@@H]2C1. The van der Waals surface area contributed by atoms with E-state index in [0.717, 1.165) is 24.3 Å². The van der Waals surface area contributed by atoms with E-state index in [2.05, 4.69) is 0 Å². The third kappa shape index (κ3) is 0.654. The van der Waals surface area contributed by atoms with Crippen molar-refractivity contribution >= 4 is 0 Å². The fraction of sp³-hybridized carbons (Fsp3) is 1.00. The van der Waals surface area contributed by atoms with Gasteiger partial charge in [0.05, 0.1) is 0 Å². The molecule has 0 unspecified atom stereocenters. The van der Waals surface area contributed by atoms with Crippen LogP contribution in [-0.4, -0.2) is 6.54 Å². The fourth-order valence-corrected chi connectivity index (χ4v) is 4.66. The van der Waals surface area contributed by atoms with E-state index in [4.69, 9.17) is 5.73 Å². The maximum Gasteiger partial charge on any atom is -0.00151 e. The monoisotopic (exact) mass is 165 g/mol. The minimum Gasteiger partial charge on any atom is -0.330 e. The molecule has 0 heterocycles. The molecular formula is C11H19N. The molecule has 0 aliphatic heterocycles.